The van der Waals surface area contributed by atoms with Crippen LogP contribution in [-0.4, -0.2) is 9.97 Å². The third-order valence-corrected chi connectivity index (χ3v) is 5.25. The molecule has 3 rings (SSSR count). The Kier molecular flexibility index (Phi) is 5.44. The third kappa shape index (κ3) is 4.10. The number of ether oxygens (including phenoxy) is 2. The lowest BCUT2D eigenvalue weighted by molar-refractivity contribution is 0.438. The number of nitrogens with zero attached hydrogens (tertiary/aromatic N) is 2. The van der Waals surface area contributed by atoms with E-state index in [-0.39, 0.29) is 17.4 Å². The zero-order valence-corrected chi connectivity index (χ0v) is 16.9. The lowest BCUT2D eigenvalue weighted by Gasteiger charge is -2.13. The van der Waals surface area contributed by atoms with E-state index >= 15 is 0 Å². The molecule has 27 heavy (non-hydrogen) atoms. The molecule has 0 spiro atoms. The van der Waals surface area contributed by atoms with Crippen molar-refractivity contribution in [2.75, 3.05) is 5.73 Å². The minimum absolute atomic E-state index is 0.202. The summed E-state index contributed by atoms with van der Waals surface area (Å²) in [7, 11) is 0. The number of rotatable bonds is 4. The van der Waals surface area contributed by atoms with Gasteiger partial charge in [0.05, 0.1) is 0 Å². The topological polar surface area (TPSA) is 70.3 Å². The van der Waals surface area contributed by atoms with E-state index in [0.717, 1.165) is 22.3 Å². The summed E-state index contributed by atoms with van der Waals surface area (Å²) in [5.41, 5.74) is 9.99. The van der Waals surface area contributed by atoms with E-state index in [1.807, 2.05) is 52.0 Å². The summed E-state index contributed by atoms with van der Waals surface area (Å²) in [5, 5.41) is 1.41. The smallest absolute Gasteiger partial charge is 0.249 e. The normalized spacial score (nSPS) is 10.7. The zero-order chi connectivity index (χ0) is 19.7. The maximum absolute atomic E-state index is 6.20. The van der Waals surface area contributed by atoms with Gasteiger partial charge in [-0.05, 0) is 74.2 Å². The number of nitrogens with two attached hydrogens (primary N) is 1. The van der Waals surface area contributed by atoms with E-state index in [1.54, 1.807) is 0 Å². The number of aromatic nitrogens is 2. The number of aryl methyl sites for hydroxylation is 4. The first-order chi connectivity index (χ1) is 12.8. The average molecular weight is 404 g/mol. The Labute approximate surface area is 168 Å². The molecule has 140 valence electrons. The number of anilines is 1. The molecule has 0 bridgehead atoms. The van der Waals surface area contributed by atoms with Crippen LogP contribution in [0.5, 0.6) is 23.3 Å². The second kappa shape index (κ2) is 7.62. The molecule has 1 heterocycles. The zero-order valence-electron chi connectivity index (χ0n) is 15.4. The third-order valence-electron chi connectivity index (χ3n) is 4.06. The van der Waals surface area contributed by atoms with Crippen LogP contribution >= 0.6 is 23.2 Å². The quantitative estimate of drug-likeness (QED) is 0.562. The molecule has 0 aliphatic rings. The molecule has 2 aromatic carbocycles. The number of benzene rings is 2. The molecule has 0 aliphatic heterocycles. The maximum Gasteiger partial charge on any atom is 0.249 e. The SMILES string of the molecule is Cc1cc(Oc2ncnc(Oc3cc(C)c(Cl)c(C)c3)c2N)cc(C)c1Cl. The molecular formula is C20H19Cl2N3O2. The molecule has 7 heteroatoms. The summed E-state index contributed by atoms with van der Waals surface area (Å²) < 4.78 is 11.7. The molecule has 2 N–H and O–H groups in total. The van der Waals surface area contributed by atoms with Gasteiger partial charge >= 0.3 is 0 Å². The molecule has 0 aliphatic carbocycles. The first-order valence-electron chi connectivity index (χ1n) is 8.26. The number of hydrogen-bond donors (Lipinski definition) is 1. The summed E-state index contributed by atoms with van der Waals surface area (Å²) >= 11 is 12.4. The standard InChI is InChI=1S/C20H19Cl2N3O2/c1-10-5-14(6-11(2)16(10)21)26-19-18(23)20(25-9-24-19)27-15-7-12(3)17(22)13(4)8-15/h5-9H,23H2,1-4H3. The molecule has 0 saturated carbocycles. The highest BCUT2D eigenvalue weighted by Gasteiger charge is 2.14. The Morgan fingerprint density at radius 3 is 1.37 bits per heavy atom. The summed E-state index contributed by atoms with van der Waals surface area (Å²) in [6, 6.07) is 7.29. The van der Waals surface area contributed by atoms with Gasteiger partial charge in [0.25, 0.3) is 0 Å². The molecule has 1 aromatic heterocycles. The molecule has 0 saturated heterocycles. The molecule has 0 amide bonds. The largest absolute Gasteiger partial charge is 0.437 e. The highest BCUT2D eigenvalue weighted by molar-refractivity contribution is 6.32. The van der Waals surface area contributed by atoms with Crippen molar-refractivity contribution in [1.29, 1.82) is 0 Å². The molecule has 5 nitrogen and oxygen atoms in total. The van der Waals surface area contributed by atoms with Gasteiger partial charge < -0.3 is 15.2 Å². The van der Waals surface area contributed by atoms with Gasteiger partial charge in [0, 0.05) is 10.0 Å². The fraction of sp³-hybridized carbons (Fsp3) is 0.200. The summed E-state index contributed by atoms with van der Waals surface area (Å²) in [6.07, 6.45) is 1.34. The van der Waals surface area contributed by atoms with E-state index in [1.165, 1.54) is 6.33 Å². The molecular weight excluding hydrogens is 385 g/mol. The van der Waals surface area contributed by atoms with Crippen LogP contribution in [0.3, 0.4) is 0 Å². The van der Waals surface area contributed by atoms with E-state index < -0.39 is 0 Å². The summed E-state index contributed by atoms with van der Waals surface area (Å²) in [5.74, 6) is 1.60. The monoisotopic (exact) mass is 403 g/mol. The van der Waals surface area contributed by atoms with Crippen molar-refractivity contribution in [2.45, 2.75) is 27.7 Å². The van der Waals surface area contributed by atoms with Crippen molar-refractivity contribution < 1.29 is 9.47 Å². The van der Waals surface area contributed by atoms with E-state index in [2.05, 4.69) is 9.97 Å². The Hall–Kier alpha value is -2.50. The predicted molar refractivity (Wildman–Crippen MR) is 108 cm³/mol. The molecule has 3 aromatic rings. The van der Waals surface area contributed by atoms with Crippen molar-refractivity contribution in [1.82, 2.24) is 9.97 Å². The van der Waals surface area contributed by atoms with Crippen LogP contribution in [0.4, 0.5) is 5.69 Å². The molecule has 0 atom stereocenters. The molecule has 0 radical (unpaired) electrons. The Bertz CT molecular complexity index is 898. The second-order valence-electron chi connectivity index (χ2n) is 6.34. The van der Waals surface area contributed by atoms with E-state index in [4.69, 9.17) is 38.4 Å². The number of hydrogen-bond acceptors (Lipinski definition) is 5. The molecule has 0 fully saturated rings. The van der Waals surface area contributed by atoms with Crippen LogP contribution < -0.4 is 15.2 Å². The van der Waals surface area contributed by atoms with Crippen molar-refractivity contribution in [3.05, 3.63) is 62.9 Å². The first-order valence-corrected chi connectivity index (χ1v) is 9.01. The van der Waals surface area contributed by atoms with Crippen molar-refractivity contribution >= 4 is 28.9 Å². The Morgan fingerprint density at radius 1 is 0.704 bits per heavy atom. The van der Waals surface area contributed by atoms with Gasteiger partial charge in [-0.25, -0.2) is 0 Å². The average Bonchev–Trinajstić information content (AvgIpc) is 2.61. The van der Waals surface area contributed by atoms with Gasteiger partial charge in [0.2, 0.25) is 11.8 Å². The van der Waals surface area contributed by atoms with Gasteiger partial charge in [0.1, 0.15) is 17.8 Å². The summed E-state index contributed by atoms with van der Waals surface area (Å²) in [4.78, 5) is 8.23. The fourth-order valence-corrected chi connectivity index (χ4v) is 2.90. The Balaban J connectivity index is 1.90. The molecule has 0 unspecified atom stereocenters. The van der Waals surface area contributed by atoms with Crippen molar-refractivity contribution in [2.24, 2.45) is 0 Å². The minimum Gasteiger partial charge on any atom is -0.437 e. The second-order valence-corrected chi connectivity index (χ2v) is 7.10. The lowest BCUT2D eigenvalue weighted by atomic mass is 10.1. The first kappa shape index (κ1) is 19.3. The predicted octanol–water partition coefficient (Wildman–Crippen LogP) is 6.18. The van der Waals surface area contributed by atoms with Crippen LogP contribution in [0.15, 0.2) is 30.6 Å². The van der Waals surface area contributed by atoms with Gasteiger partial charge in [-0.1, -0.05) is 23.2 Å². The van der Waals surface area contributed by atoms with Crippen LogP contribution in [0, 0.1) is 27.7 Å². The van der Waals surface area contributed by atoms with Crippen LogP contribution in [0.25, 0.3) is 0 Å². The van der Waals surface area contributed by atoms with E-state index in [0.29, 0.717) is 21.5 Å². The van der Waals surface area contributed by atoms with Crippen LogP contribution in [0.2, 0.25) is 10.0 Å². The summed E-state index contributed by atoms with van der Waals surface area (Å²) in [6.45, 7) is 7.63. The number of halogens is 2. The minimum atomic E-state index is 0.202. The van der Waals surface area contributed by atoms with Gasteiger partial charge in [-0.3, -0.25) is 0 Å². The van der Waals surface area contributed by atoms with Gasteiger partial charge in [-0.15, -0.1) is 0 Å². The van der Waals surface area contributed by atoms with Crippen LogP contribution in [0.1, 0.15) is 22.3 Å². The maximum atomic E-state index is 6.20. The number of nitrogen functional groups attached to an aromatic ring is 1. The van der Waals surface area contributed by atoms with Crippen molar-refractivity contribution in [3.8, 4) is 23.3 Å². The van der Waals surface area contributed by atoms with E-state index in [9.17, 15) is 0 Å². The van der Waals surface area contributed by atoms with Crippen LogP contribution in [-0.2, 0) is 0 Å². The lowest BCUT2D eigenvalue weighted by Crippen LogP contribution is -2.01. The van der Waals surface area contributed by atoms with Gasteiger partial charge in [0.15, 0.2) is 5.69 Å². The highest BCUT2D eigenvalue weighted by atomic mass is 35.5. The van der Waals surface area contributed by atoms with Gasteiger partial charge in [-0.2, -0.15) is 9.97 Å². The Morgan fingerprint density at radius 2 is 1.04 bits per heavy atom. The van der Waals surface area contributed by atoms with Crippen molar-refractivity contribution in [3.63, 3.8) is 0 Å². The highest BCUT2D eigenvalue weighted by Crippen LogP contribution is 2.36. The fourth-order valence-electron chi connectivity index (χ4n) is 2.68.